The molecule has 0 saturated heterocycles. The van der Waals surface area contributed by atoms with Gasteiger partial charge >= 0.3 is 0 Å². The van der Waals surface area contributed by atoms with Crippen molar-refractivity contribution in [3.8, 4) is 0 Å². The first-order valence-electron chi connectivity index (χ1n) is 2.98. The molecule has 0 aromatic heterocycles. The molecule has 0 bridgehead atoms. The summed E-state index contributed by atoms with van der Waals surface area (Å²) in [4.78, 5) is 0. The number of hydrogen-bond donors (Lipinski definition) is 1. The number of benzene rings is 1. The monoisotopic (exact) mass is 193 g/mol. The average Bonchev–Trinajstić information content (AvgIpc) is 1.97. The van der Waals surface area contributed by atoms with E-state index in [1.54, 1.807) is 0 Å². The zero-order valence-electron chi connectivity index (χ0n) is 5.57. The van der Waals surface area contributed by atoms with Gasteiger partial charge < -0.3 is 5.73 Å². The summed E-state index contributed by atoms with van der Waals surface area (Å²) in [5.74, 6) is -0.489. The van der Waals surface area contributed by atoms with Crippen LogP contribution in [0, 0.1) is 5.82 Å². The van der Waals surface area contributed by atoms with Gasteiger partial charge in [-0.1, -0.05) is 23.2 Å². The Morgan fingerprint density at radius 2 is 1.91 bits per heavy atom. The van der Waals surface area contributed by atoms with Crippen LogP contribution in [0.3, 0.4) is 0 Å². The van der Waals surface area contributed by atoms with E-state index in [1.807, 2.05) is 0 Å². The second-order valence-corrected chi connectivity index (χ2v) is 2.88. The SMILES string of the molecule is NCc1cc(F)c(Cl)cc1Cl. The van der Waals surface area contributed by atoms with E-state index in [-0.39, 0.29) is 11.6 Å². The van der Waals surface area contributed by atoms with Crippen molar-refractivity contribution in [2.24, 2.45) is 5.73 Å². The highest BCUT2D eigenvalue weighted by Gasteiger charge is 2.04. The predicted octanol–water partition coefficient (Wildman–Crippen LogP) is 2.59. The maximum atomic E-state index is 12.7. The average molecular weight is 194 g/mol. The van der Waals surface area contributed by atoms with Gasteiger partial charge in [0.1, 0.15) is 5.82 Å². The molecule has 60 valence electrons. The third-order valence-corrected chi connectivity index (χ3v) is 1.95. The molecule has 0 radical (unpaired) electrons. The van der Waals surface area contributed by atoms with Crippen LogP contribution in [0.4, 0.5) is 4.39 Å². The fourth-order valence-electron chi connectivity index (χ4n) is 0.720. The molecule has 4 heteroatoms. The Morgan fingerprint density at radius 3 is 2.45 bits per heavy atom. The van der Waals surface area contributed by atoms with E-state index >= 15 is 0 Å². The Hall–Kier alpha value is -0.310. The number of halogens is 3. The molecule has 1 rings (SSSR count). The minimum absolute atomic E-state index is 0.0206. The lowest BCUT2D eigenvalue weighted by Crippen LogP contribution is -1.97. The molecule has 0 aliphatic carbocycles. The Labute approximate surface area is 73.9 Å². The fourth-order valence-corrected chi connectivity index (χ4v) is 1.18. The van der Waals surface area contributed by atoms with Crippen LogP contribution < -0.4 is 5.73 Å². The van der Waals surface area contributed by atoms with Crippen LogP contribution in [0.5, 0.6) is 0 Å². The van der Waals surface area contributed by atoms with Gasteiger partial charge in [-0.2, -0.15) is 0 Å². The van der Waals surface area contributed by atoms with Gasteiger partial charge in [0.2, 0.25) is 0 Å². The molecule has 0 unspecified atom stereocenters. The van der Waals surface area contributed by atoms with Crippen molar-refractivity contribution in [2.75, 3.05) is 0 Å². The van der Waals surface area contributed by atoms with E-state index in [2.05, 4.69) is 0 Å². The number of hydrogen-bond acceptors (Lipinski definition) is 1. The zero-order valence-corrected chi connectivity index (χ0v) is 7.08. The summed E-state index contributed by atoms with van der Waals surface area (Å²) in [6.45, 7) is 0.215. The molecule has 1 nitrogen and oxygen atoms in total. The molecule has 1 aromatic rings. The van der Waals surface area contributed by atoms with Gasteiger partial charge in [0.05, 0.1) is 5.02 Å². The van der Waals surface area contributed by atoms with Crippen LogP contribution >= 0.6 is 23.2 Å². The Bertz CT molecular complexity index is 275. The highest BCUT2D eigenvalue weighted by Crippen LogP contribution is 2.23. The molecular formula is C7H6Cl2FN. The molecule has 0 aliphatic heterocycles. The second-order valence-electron chi connectivity index (χ2n) is 2.06. The van der Waals surface area contributed by atoms with Crippen LogP contribution in [0.15, 0.2) is 12.1 Å². The van der Waals surface area contributed by atoms with E-state index in [4.69, 9.17) is 28.9 Å². The van der Waals surface area contributed by atoms with Crippen LogP contribution in [0.25, 0.3) is 0 Å². The third kappa shape index (κ3) is 1.83. The van der Waals surface area contributed by atoms with Crippen molar-refractivity contribution in [2.45, 2.75) is 6.54 Å². The lowest BCUT2D eigenvalue weighted by atomic mass is 10.2. The maximum Gasteiger partial charge on any atom is 0.142 e. The van der Waals surface area contributed by atoms with Gasteiger partial charge in [-0.05, 0) is 17.7 Å². The van der Waals surface area contributed by atoms with Crippen LogP contribution in [-0.4, -0.2) is 0 Å². The third-order valence-electron chi connectivity index (χ3n) is 1.31. The van der Waals surface area contributed by atoms with Gasteiger partial charge in [0.15, 0.2) is 0 Å². The van der Waals surface area contributed by atoms with Crippen molar-refractivity contribution in [1.29, 1.82) is 0 Å². The van der Waals surface area contributed by atoms with Crippen LogP contribution in [0.2, 0.25) is 10.0 Å². The van der Waals surface area contributed by atoms with Crippen LogP contribution in [0.1, 0.15) is 5.56 Å². The topological polar surface area (TPSA) is 26.0 Å². The highest BCUT2D eigenvalue weighted by molar-refractivity contribution is 6.35. The number of nitrogens with two attached hydrogens (primary N) is 1. The highest BCUT2D eigenvalue weighted by atomic mass is 35.5. The normalized spacial score (nSPS) is 10.2. The Balaban J connectivity index is 3.21. The standard InChI is InChI=1S/C7H6Cl2FN/c8-5-2-6(9)7(10)1-4(5)3-11/h1-2H,3,11H2. The Kier molecular flexibility index (Phi) is 2.71. The molecule has 0 atom stereocenters. The van der Waals surface area contributed by atoms with E-state index in [1.165, 1.54) is 12.1 Å². The number of rotatable bonds is 1. The molecule has 0 fully saturated rings. The molecule has 0 saturated carbocycles. The van der Waals surface area contributed by atoms with Crippen LogP contribution in [-0.2, 0) is 6.54 Å². The molecule has 1 aromatic carbocycles. The summed E-state index contributed by atoms with van der Waals surface area (Å²) < 4.78 is 12.7. The minimum Gasteiger partial charge on any atom is -0.326 e. The van der Waals surface area contributed by atoms with Gasteiger partial charge in [-0.15, -0.1) is 0 Å². The second kappa shape index (κ2) is 3.39. The largest absolute Gasteiger partial charge is 0.326 e. The van der Waals surface area contributed by atoms with Crippen molar-refractivity contribution < 1.29 is 4.39 Å². The molecule has 0 heterocycles. The minimum atomic E-state index is -0.489. The first-order valence-corrected chi connectivity index (χ1v) is 3.74. The molecule has 0 aliphatic rings. The lowest BCUT2D eigenvalue weighted by molar-refractivity contribution is 0.626. The van der Waals surface area contributed by atoms with E-state index in [9.17, 15) is 4.39 Å². The zero-order chi connectivity index (χ0) is 8.43. The van der Waals surface area contributed by atoms with Gasteiger partial charge in [-0.25, -0.2) is 4.39 Å². The summed E-state index contributed by atoms with van der Waals surface area (Å²) in [5, 5.41) is 0.422. The smallest absolute Gasteiger partial charge is 0.142 e. The molecule has 0 amide bonds. The first-order chi connectivity index (χ1) is 5.15. The van der Waals surface area contributed by atoms with Crippen molar-refractivity contribution in [3.63, 3.8) is 0 Å². The molecule has 11 heavy (non-hydrogen) atoms. The fraction of sp³-hybridized carbons (Fsp3) is 0.143. The van der Waals surface area contributed by atoms with Gasteiger partial charge in [0, 0.05) is 11.6 Å². The van der Waals surface area contributed by atoms with Crippen molar-refractivity contribution >= 4 is 23.2 Å². The first kappa shape index (κ1) is 8.78. The summed E-state index contributed by atoms with van der Waals surface area (Å²) in [7, 11) is 0. The predicted molar refractivity (Wildman–Crippen MR) is 44.3 cm³/mol. The Morgan fingerprint density at radius 1 is 1.27 bits per heavy atom. The van der Waals surface area contributed by atoms with Crippen molar-refractivity contribution in [1.82, 2.24) is 0 Å². The summed E-state index contributed by atoms with van der Waals surface area (Å²) in [6.07, 6.45) is 0. The van der Waals surface area contributed by atoms with E-state index < -0.39 is 5.82 Å². The molecular weight excluding hydrogens is 188 g/mol. The van der Waals surface area contributed by atoms with E-state index in [0.717, 1.165) is 0 Å². The molecule has 2 N–H and O–H groups in total. The summed E-state index contributed by atoms with van der Waals surface area (Å²) in [6, 6.07) is 2.59. The maximum absolute atomic E-state index is 12.7. The molecule has 0 spiro atoms. The quantitative estimate of drug-likeness (QED) is 0.683. The summed E-state index contributed by atoms with van der Waals surface area (Å²) >= 11 is 11.1. The summed E-state index contributed by atoms with van der Waals surface area (Å²) in [5.41, 5.74) is 5.84. The van der Waals surface area contributed by atoms with Gasteiger partial charge in [0.25, 0.3) is 0 Å². The van der Waals surface area contributed by atoms with Gasteiger partial charge in [-0.3, -0.25) is 0 Å². The van der Waals surface area contributed by atoms with Crippen molar-refractivity contribution in [3.05, 3.63) is 33.6 Å². The van der Waals surface area contributed by atoms with E-state index in [0.29, 0.717) is 10.6 Å². The lowest BCUT2D eigenvalue weighted by Gasteiger charge is -2.01.